The van der Waals surface area contributed by atoms with Gasteiger partial charge in [-0.05, 0) is 61.1 Å². The van der Waals surface area contributed by atoms with Gasteiger partial charge in [0.15, 0.2) is 0 Å². The number of benzene rings is 2. The smallest absolute Gasteiger partial charge is 0.302 e. The molecule has 1 aliphatic carbocycles. The zero-order chi connectivity index (χ0) is 22.1. The van der Waals surface area contributed by atoms with E-state index in [9.17, 15) is 21.6 Å². The van der Waals surface area contributed by atoms with E-state index in [1.54, 1.807) is 6.07 Å². The van der Waals surface area contributed by atoms with Crippen molar-refractivity contribution in [3.8, 4) is 0 Å². The average molecular weight is 442 g/mol. The fourth-order valence-corrected chi connectivity index (χ4v) is 4.74. The van der Waals surface area contributed by atoms with E-state index >= 15 is 0 Å². The standard InChI is InChI=1S/C21H22F3N.CH4O3S/c1-25-13-19-17-10-8-16(21(22,23)24)12-15(17)7-9-18(19)20(25)11-14-5-3-2-4-6-14;1-5(2,3)4/h2-6,8,10,12,18-20H,7,9,11,13H2,1H3;1H3,(H,2,3,4)/t18?,19-,20-;/m1./s1. The lowest BCUT2D eigenvalue weighted by Crippen LogP contribution is -2.32. The van der Waals surface area contributed by atoms with Crippen LogP contribution in [0.4, 0.5) is 13.2 Å². The van der Waals surface area contributed by atoms with Gasteiger partial charge in [0.25, 0.3) is 10.1 Å². The molecule has 2 aliphatic rings. The Morgan fingerprint density at radius 2 is 1.77 bits per heavy atom. The molecule has 0 amide bonds. The van der Waals surface area contributed by atoms with Crippen LogP contribution < -0.4 is 0 Å². The van der Waals surface area contributed by atoms with Crippen molar-refractivity contribution < 1.29 is 26.1 Å². The lowest BCUT2D eigenvalue weighted by atomic mass is 9.73. The lowest BCUT2D eigenvalue weighted by Gasteiger charge is -2.32. The van der Waals surface area contributed by atoms with Crippen molar-refractivity contribution in [3.05, 3.63) is 70.8 Å². The molecular formula is C22H26F3NO3S. The van der Waals surface area contributed by atoms with Crippen LogP contribution in [0.3, 0.4) is 0 Å². The zero-order valence-corrected chi connectivity index (χ0v) is 17.7. The van der Waals surface area contributed by atoms with Crippen molar-refractivity contribution in [1.82, 2.24) is 4.90 Å². The summed E-state index contributed by atoms with van der Waals surface area (Å²) in [5.74, 6) is 0.874. The molecule has 8 heteroatoms. The number of likely N-dealkylation sites (N-methyl/N-ethyl adjacent to an activating group) is 1. The Morgan fingerprint density at radius 1 is 1.13 bits per heavy atom. The summed E-state index contributed by atoms with van der Waals surface area (Å²) in [5, 5.41) is 0. The van der Waals surface area contributed by atoms with Gasteiger partial charge < -0.3 is 4.90 Å². The molecule has 0 aromatic heterocycles. The molecule has 0 spiro atoms. The molecule has 2 aromatic rings. The number of nitrogens with zero attached hydrogens (tertiary/aromatic N) is 1. The summed E-state index contributed by atoms with van der Waals surface area (Å²) in [6.45, 7) is 0.931. The summed E-state index contributed by atoms with van der Waals surface area (Å²) in [6, 6.07) is 15.3. The van der Waals surface area contributed by atoms with E-state index in [4.69, 9.17) is 4.55 Å². The predicted molar refractivity (Wildman–Crippen MR) is 110 cm³/mol. The highest BCUT2D eigenvalue weighted by molar-refractivity contribution is 7.85. The van der Waals surface area contributed by atoms with E-state index in [2.05, 4.69) is 36.2 Å². The third kappa shape index (κ3) is 5.62. The molecule has 1 fully saturated rings. The molecule has 4 rings (SSSR count). The Bertz CT molecular complexity index is 969. The van der Waals surface area contributed by atoms with Gasteiger partial charge in [-0.1, -0.05) is 36.4 Å². The minimum atomic E-state index is -4.26. The van der Waals surface area contributed by atoms with Gasteiger partial charge in [0.1, 0.15) is 0 Å². The number of hydrogen-bond donors (Lipinski definition) is 1. The summed E-state index contributed by atoms with van der Waals surface area (Å²) in [4.78, 5) is 2.40. The van der Waals surface area contributed by atoms with Gasteiger partial charge in [-0.2, -0.15) is 21.6 Å². The van der Waals surface area contributed by atoms with E-state index in [0.29, 0.717) is 24.1 Å². The second-order valence-electron chi connectivity index (χ2n) is 8.15. The topological polar surface area (TPSA) is 57.6 Å². The van der Waals surface area contributed by atoms with Crippen molar-refractivity contribution in [2.24, 2.45) is 5.92 Å². The van der Waals surface area contributed by atoms with Crippen molar-refractivity contribution in [3.63, 3.8) is 0 Å². The molecule has 164 valence electrons. The summed E-state index contributed by atoms with van der Waals surface area (Å²) in [5.41, 5.74) is 2.84. The van der Waals surface area contributed by atoms with Crippen molar-refractivity contribution in [2.75, 3.05) is 19.8 Å². The van der Waals surface area contributed by atoms with E-state index in [1.165, 1.54) is 17.7 Å². The highest BCUT2D eigenvalue weighted by Crippen LogP contribution is 2.46. The first kappa shape index (κ1) is 22.8. The van der Waals surface area contributed by atoms with Gasteiger partial charge in [-0.15, -0.1) is 0 Å². The maximum Gasteiger partial charge on any atom is 0.416 e. The SMILES string of the molecule is CN1C[C@@H]2c3ccc(C(F)(F)F)cc3CCC2[C@H]1Cc1ccccc1.CS(=O)(=O)O. The minimum absolute atomic E-state index is 0.352. The summed E-state index contributed by atoms with van der Waals surface area (Å²) < 4.78 is 64.8. The first-order chi connectivity index (χ1) is 13.9. The number of hydrogen-bond acceptors (Lipinski definition) is 3. The Hall–Kier alpha value is -1.90. The molecule has 4 nitrogen and oxygen atoms in total. The van der Waals surface area contributed by atoms with Crippen molar-refractivity contribution in [1.29, 1.82) is 0 Å². The number of rotatable bonds is 2. The summed E-state index contributed by atoms with van der Waals surface area (Å²) >= 11 is 0. The summed E-state index contributed by atoms with van der Waals surface area (Å²) in [7, 11) is -1.52. The second kappa shape index (κ2) is 8.69. The molecule has 1 aliphatic heterocycles. The largest absolute Gasteiger partial charge is 0.416 e. The monoisotopic (exact) mass is 441 g/mol. The van der Waals surface area contributed by atoms with Gasteiger partial charge in [0.2, 0.25) is 0 Å². The fourth-order valence-electron chi connectivity index (χ4n) is 4.74. The molecule has 30 heavy (non-hydrogen) atoms. The third-order valence-corrected chi connectivity index (χ3v) is 5.97. The fraction of sp³-hybridized carbons (Fsp3) is 0.455. The van der Waals surface area contributed by atoms with Crippen LogP contribution in [0.1, 0.15) is 34.6 Å². The number of likely N-dealkylation sites (tertiary alicyclic amines) is 1. The quantitative estimate of drug-likeness (QED) is 0.702. The molecular weight excluding hydrogens is 415 g/mol. The average Bonchev–Trinajstić information content (AvgIpc) is 2.96. The van der Waals surface area contributed by atoms with Crippen LogP contribution in [0, 0.1) is 5.92 Å². The van der Waals surface area contributed by atoms with Gasteiger partial charge in [0, 0.05) is 18.5 Å². The number of alkyl halides is 3. The van der Waals surface area contributed by atoms with Crippen LogP contribution in [0.2, 0.25) is 0 Å². The Labute approximate surface area is 175 Å². The van der Waals surface area contributed by atoms with Crippen molar-refractivity contribution in [2.45, 2.75) is 37.4 Å². The Kier molecular flexibility index (Phi) is 6.60. The lowest BCUT2D eigenvalue weighted by molar-refractivity contribution is -0.137. The van der Waals surface area contributed by atoms with Gasteiger partial charge in [-0.25, -0.2) is 0 Å². The third-order valence-electron chi connectivity index (χ3n) is 5.97. The van der Waals surface area contributed by atoms with E-state index < -0.39 is 21.9 Å². The highest BCUT2D eigenvalue weighted by atomic mass is 32.2. The molecule has 0 saturated carbocycles. The van der Waals surface area contributed by atoms with Crippen molar-refractivity contribution >= 4 is 10.1 Å². The number of aryl methyl sites for hydroxylation is 1. The molecule has 1 saturated heterocycles. The first-order valence-corrected chi connectivity index (χ1v) is 11.6. The molecule has 1 N–H and O–H groups in total. The number of fused-ring (bicyclic) bond motifs is 3. The van der Waals surface area contributed by atoms with E-state index in [0.717, 1.165) is 36.9 Å². The zero-order valence-electron chi connectivity index (χ0n) is 16.9. The second-order valence-corrected chi connectivity index (χ2v) is 9.62. The molecule has 1 heterocycles. The van der Waals surface area contributed by atoms with Gasteiger partial charge in [0.05, 0.1) is 11.8 Å². The van der Waals surface area contributed by atoms with Crippen LogP contribution in [-0.4, -0.2) is 43.8 Å². The Balaban J connectivity index is 0.000000461. The number of halogens is 3. The molecule has 3 atom stereocenters. The van der Waals surface area contributed by atoms with Crippen LogP contribution in [0.5, 0.6) is 0 Å². The maximum atomic E-state index is 13.0. The predicted octanol–water partition coefficient (Wildman–Crippen LogP) is 4.41. The minimum Gasteiger partial charge on any atom is -0.302 e. The molecule has 2 aromatic carbocycles. The van der Waals surface area contributed by atoms with E-state index in [1.807, 2.05) is 6.07 Å². The molecule has 0 bridgehead atoms. The normalized spacial score (nSPS) is 23.9. The summed E-state index contributed by atoms with van der Waals surface area (Å²) in [6.07, 6.45) is -0.809. The van der Waals surface area contributed by atoms with E-state index in [-0.39, 0.29) is 0 Å². The van der Waals surface area contributed by atoms with Crippen LogP contribution in [0.25, 0.3) is 0 Å². The highest BCUT2D eigenvalue weighted by Gasteiger charge is 2.43. The van der Waals surface area contributed by atoms with Crippen LogP contribution >= 0.6 is 0 Å². The Morgan fingerprint density at radius 3 is 2.37 bits per heavy atom. The molecule has 0 radical (unpaired) electrons. The van der Waals surface area contributed by atoms with Crippen LogP contribution in [-0.2, 0) is 29.1 Å². The first-order valence-electron chi connectivity index (χ1n) is 9.80. The van der Waals surface area contributed by atoms with Gasteiger partial charge >= 0.3 is 6.18 Å². The van der Waals surface area contributed by atoms with Crippen LogP contribution in [0.15, 0.2) is 48.5 Å². The van der Waals surface area contributed by atoms with Gasteiger partial charge in [-0.3, -0.25) is 4.55 Å². The maximum absolute atomic E-state index is 13.0. The molecule has 1 unspecified atom stereocenters.